The maximum Gasteiger partial charge on any atom is 0.191 e. The maximum atomic E-state index is 4.80. The predicted octanol–water partition coefficient (Wildman–Crippen LogP) is 2.01. The first-order chi connectivity index (χ1) is 14.2. The van der Waals surface area contributed by atoms with E-state index in [-0.39, 0.29) is 0 Å². The predicted molar refractivity (Wildman–Crippen MR) is 118 cm³/mol. The van der Waals surface area contributed by atoms with Gasteiger partial charge in [-0.1, -0.05) is 6.92 Å². The zero-order valence-electron chi connectivity index (χ0n) is 17.5. The summed E-state index contributed by atoms with van der Waals surface area (Å²) >= 11 is 1.76. The molecule has 1 atom stereocenters. The normalized spacial score (nSPS) is 19.4. The first-order valence-electron chi connectivity index (χ1n) is 10.9. The molecule has 9 heteroatoms. The third-order valence-electron chi connectivity index (χ3n) is 5.46. The molecule has 2 N–H and O–H groups in total. The van der Waals surface area contributed by atoms with Crippen LogP contribution in [0, 0.1) is 0 Å². The molecule has 29 heavy (non-hydrogen) atoms. The van der Waals surface area contributed by atoms with Crippen LogP contribution in [0.4, 0.5) is 5.13 Å². The van der Waals surface area contributed by atoms with Gasteiger partial charge in [-0.05, 0) is 26.2 Å². The summed E-state index contributed by atoms with van der Waals surface area (Å²) < 4.78 is 2.05. The van der Waals surface area contributed by atoms with Gasteiger partial charge in [0.2, 0.25) is 0 Å². The van der Waals surface area contributed by atoms with Gasteiger partial charge in [0.05, 0.1) is 12.2 Å². The molecule has 0 aliphatic carbocycles. The molecule has 1 fully saturated rings. The van der Waals surface area contributed by atoms with Crippen molar-refractivity contribution in [1.29, 1.82) is 0 Å². The van der Waals surface area contributed by atoms with Gasteiger partial charge in [-0.25, -0.2) is 14.6 Å². The Balaban J connectivity index is 1.31. The van der Waals surface area contributed by atoms with Crippen molar-refractivity contribution in [1.82, 2.24) is 30.4 Å². The minimum atomic E-state index is 0.327. The lowest BCUT2D eigenvalue weighted by molar-refractivity contribution is 0.392. The second kappa shape index (κ2) is 9.56. The van der Waals surface area contributed by atoms with E-state index in [1.165, 1.54) is 18.0 Å². The highest BCUT2D eigenvalue weighted by Gasteiger charge is 2.22. The van der Waals surface area contributed by atoms with Crippen LogP contribution in [0.2, 0.25) is 0 Å². The Morgan fingerprint density at radius 2 is 2.14 bits per heavy atom. The molecule has 4 heterocycles. The van der Waals surface area contributed by atoms with Crippen molar-refractivity contribution >= 4 is 22.4 Å². The van der Waals surface area contributed by atoms with Gasteiger partial charge in [0.15, 0.2) is 16.9 Å². The quantitative estimate of drug-likeness (QED) is 0.531. The van der Waals surface area contributed by atoms with Crippen molar-refractivity contribution in [3.8, 4) is 0 Å². The number of aryl methyl sites for hydroxylation is 2. The Morgan fingerprint density at radius 3 is 2.93 bits per heavy atom. The minimum absolute atomic E-state index is 0.327. The summed E-state index contributed by atoms with van der Waals surface area (Å²) in [4.78, 5) is 16.6. The molecule has 0 aromatic carbocycles. The molecular weight excluding hydrogens is 384 g/mol. The van der Waals surface area contributed by atoms with Crippen molar-refractivity contribution in [3.05, 3.63) is 22.7 Å². The van der Waals surface area contributed by atoms with E-state index in [1.54, 1.807) is 11.3 Å². The van der Waals surface area contributed by atoms with Gasteiger partial charge < -0.3 is 15.5 Å². The smallest absolute Gasteiger partial charge is 0.191 e. The van der Waals surface area contributed by atoms with E-state index in [0.717, 1.165) is 81.7 Å². The van der Waals surface area contributed by atoms with Gasteiger partial charge in [-0.3, -0.25) is 4.99 Å². The molecule has 0 radical (unpaired) electrons. The van der Waals surface area contributed by atoms with Crippen molar-refractivity contribution < 1.29 is 0 Å². The Bertz CT molecular complexity index is 820. The molecule has 1 unspecified atom stereocenters. The molecule has 0 bridgehead atoms. The molecule has 2 aromatic rings. The number of aliphatic imine (C=N–C) groups is 1. The Hall–Kier alpha value is -2.16. The lowest BCUT2D eigenvalue weighted by atomic mass is 10.1. The average molecular weight is 417 g/mol. The number of rotatable bonds is 7. The molecular formula is C20H32N8S. The summed E-state index contributed by atoms with van der Waals surface area (Å²) in [5.74, 6) is 2.93. The number of nitrogens with one attached hydrogen (secondary N) is 2. The van der Waals surface area contributed by atoms with Crippen molar-refractivity contribution in [2.75, 3.05) is 31.1 Å². The van der Waals surface area contributed by atoms with Gasteiger partial charge in [0.1, 0.15) is 5.82 Å². The van der Waals surface area contributed by atoms with Gasteiger partial charge in [-0.15, -0.1) is 11.3 Å². The van der Waals surface area contributed by atoms with E-state index in [2.05, 4.69) is 49.5 Å². The minimum Gasteiger partial charge on any atom is -0.357 e. The molecule has 1 saturated heterocycles. The molecule has 158 valence electrons. The summed E-state index contributed by atoms with van der Waals surface area (Å²) in [6, 6.07) is 0.327. The van der Waals surface area contributed by atoms with E-state index >= 15 is 0 Å². The summed E-state index contributed by atoms with van der Waals surface area (Å²) in [7, 11) is 0. The van der Waals surface area contributed by atoms with Gasteiger partial charge in [0, 0.05) is 56.9 Å². The summed E-state index contributed by atoms with van der Waals surface area (Å²) in [5, 5.41) is 14.9. The van der Waals surface area contributed by atoms with Crippen molar-refractivity contribution in [2.24, 2.45) is 4.99 Å². The topological polar surface area (TPSA) is 83.3 Å². The highest BCUT2D eigenvalue weighted by molar-refractivity contribution is 7.13. The summed E-state index contributed by atoms with van der Waals surface area (Å²) in [6.45, 7) is 8.93. The number of fused-ring (bicyclic) bond motifs is 1. The SMILES string of the molecule is CCNC(=NCCc1csc(N2CCCC2)n1)NC1CCc2nc(CC)nn2C1. The van der Waals surface area contributed by atoms with Crippen LogP contribution in [0.5, 0.6) is 0 Å². The largest absolute Gasteiger partial charge is 0.357 e. The number of hydrogen-bond donors (Lipinski definition) is 2. The number of anilines is 1. The fourth-order valence-corrected chi connectivity index (χ4v) is 4.80. The molecule has 8 nitrogen and oxygen atoms in total. The van der Waals surface area contributed by atoms with E-state index < -0.39 is 0 Å². The highest BCUT2D eigenvalue weighted by Crippen LogP contribution is 2.24. The van der Waals surface area contributed by atoms with Crippen LogP contribution in [-0.2, 0) is 25.8 Å². The number of guanidine groups is 1. The lowest BCUT2D eigenvalue weighted by Crippen LogP contribution is -2.47. The third-order valence-corrected chi connectivity index (χ3v) is 6.41. The average Bonchev–Trinajstić information content (AvgIpc) is 3.47. The highest BCUT2D eigenvalue weighted by atomic mass is 32.1. The number of nitrogens with zero attached hydrogens (tertiary/aromatic N) is 6. The third kappa shape index (κ3) is 5.07. The van der Waals surface area contributed by atoms with E-state index in [0.29, 0.717) is 6.04 Å². The van der Waals surface area contributed by atoms with E-state index in [9.17, 15) is 0 Å². The van der Waals surface area contributed by atoms with Crippen LogP contribution < -0.4 is 15.5 Å². The molecule has 0 amide bonds. The Kier molecular flexibility index (Phi) is 6.63. The summed E-state index contributed by atoms with van der Waals surface area (Å²) in [6.07, 6.45) is 6.35. The van der Waals surface area contributed by atoms with Crippen LogP contribution in [-0.4, -0.2) is 57.9 Å². The van der Waals surface area contributed by atoms with Crippen LogP contribution in [0.1, 0.15) is 50.5 Å². The molecule has 0 saturated carbocycles. The van der Waals surface area contributed by atoms with Crippen molar-refractivity contribution in [3.63, 3.8) is 0 Å². The standard InChI is InChI=1S/C20H32N8S/c1-3-17-25-18-8-7-15(13-28(18)26-17)23-19(21-4-2)22-10-9-16-14-29-20(24-16)27-11-5-6-12-27/h14-15H,3-13H2,1-2H3,(H2,21,22,23). The zero-order chi connectivity index (χ0) is 20.1. The molecule has 0 spiro atoms. The van der Waals surface area contributed by atoms with E-state index in [1.807, 2.05) is 0 Å². The Labute approximate surface area is 176 Å². The van der Waals surface area contributed by atoms with Crippen LogP contribution in [0.25, 0.3) is 0 Å². The number of aromatic nitrogens is 4. The van der Waals surface area contributed by atoms with Gasteiger partial charge in [-0.2, -0.15) is 5.10 Å². The Morgan fingerprint density at radius 1 is 1.28 bits per heavy atom. The van der Waals surface area contributed by atoms with Crippen LogP contribution >= 0.6 is 11.3 Å². The molecule has 2 aliphatic heterocycles. The van der Waals surface area contributed by atoms with Crippen molar-refractivity contribution in [2.45, 2.75) is 65.0 Å². The number of hydrogen-bond acceptors (Lipinski definition) is 6. The van der Waals surface area contributed by atoms with Crippen LogP contribution in [0.3, 0.4) is 0 Å². The van der Waals surface area contributed by atoms with Gasteiger partial charge >= 0.3 is 0 Å². The maximum absolute atomic E-state index is 4.80. The fourth-order valence-electron chi connectivity index (χ4n) is 3.89. The summed E-state index contributed by atoms with van der Waals surface area (Å²) in [5.41, 5.74) is 1.15. The van der Waals surface area contributed by atoms with E-state index in [4.69, 9.17) is 9.98 Å². The zero-order valence-corrected chi connectivity index (χ0v) is 18.3. The second-order valence-corrected chi connectivity index (χ2v) is 8.52. The monoisotopic (exact) mass is 416 g/mol. The van der Waals surface area contributed by atoms with Crippen LogP contribution in [0.15, 0.2) is 10.4 Å². The van der Waals surface area contributed by atoms with Gasteiger partial charge in [0.25, 0.3) is 0 Å². The number of thiazole rings is 1. The first kappa shape index (κ1) is 20.1. The first-order valence-corrected chi connectivity index (χ1v) is 11.8. The fraction of sp³-hybridized carbons (Fsp3) is 0.700. The molecule has 2 aromatic heterocycles. The second-order valence-electron chi connectivity index (χ2n) is 7.69. The molecule has 2 aliphatic rings. The molecule has 4 rings (SSSR count). The lowest BCUT2D eigenvalue weighted by Gasteiger charge is -2.25.